The fourth-order valence-electron chi connectivity index (χ4n) is 1.70. The zero-order valence-electron chi connectivity index (χ0n) is 9.19. The van der Waals surface area contributed by atoms with Gasteiger partial charge in [0.05, 0.1) is 15.4 Å². The molecule has 8 nitrogen and oxygen atoms in total. The molecular formula is C10H7N3O5. The molecule has 2 aromatic rings. The highest BCUT2D eigenvalue weighted by Crippen LogP contribution is 2.22. The molecule has 0 amide bonds. The van der Waals surface area contributed by atoms with Gasteiger partial charge in [-0.25, -0.2) is 0 Å². The van der Waals surface area contributed by atoms with Gasteiger partial charge in [0.15, 0.2) is 0 Å². The molecule has 92 valence electrons. The van der Waals surface area contributed by atoms with Crippen molar-refractivity contribution >= 4 is 22.3 Å². The quantitative estimate of drug-likeness (QED) is 0.589. The summed E-state index contributed by atoms with van der Waals surface area (Å²) in [6.07, 6.45) is 0. The van der Waals surface area contributed by atoms with E-state index in [1.807, 2.05) is 0 Å². The van der Waals surface area contributed by atoms with Crippen LogP contribution in [0.2, 0.25) is 0 Å². The molecule has 0 fully saturated rings. The summed E-state index contributed by atoms with van der Waals surface area (Å²) in [5.74, 6) is 0. The number of aromatic nitrogens is 1. The first kappa shape index (κ1) is 11.7. The Kier molecular flexibility index (Phi) is 2.55. The first-order valence-electron chi connectivity index (χ1n) is 4.84. The Hall–Kier alpha value is -2.77. The van der Waals surface area contributed by atoms with Gasteiger partial charge in [0.25, 0.3) is 5.69 Å². The van der Waals surface area contributed by atoms with Crippen molar-refractivity contribution in [1.82, 2.24) is 4.57 Å². The van der Waals surface area contributed by atoms with Crippen LogP contribution in [0, 0.1) is 20.2 Å². The smallest absolute Gasteiger partial charge is 0.305 e. The standard InChI is InChI=1S/C10H7N3O5/c1-11-8-3-2-7(12(15)16)4-6(8)5-9(10(11)14)13(17)18/h2-5H,1H3. The van der Waals surface area contributed by atoms with E-state index in [9.17, 15) is 25.0 Å². The monoisotopic (exact) mass is 249 g/mol. The minimum Gasteiger partial charge on any atom is -0.305 e. The molecule has 2 rings (SSSR count). The van der Waals surface area contributed by atoms with Gasteiger partial charge < -0.3 is 4.57 Å². The van der Waals surface area contributed by atoms with E-state index < -0.39 is 21.1 Å². The van der Waals surface area contributed by atoms with Crippen molar-refractivity contribution in [3.05, 3.63) is 54.8 Å². The second-order valence-electron chi connectivity index (χ2n) is 3.65. The van der Waals surface area contributed by atoms with E-state index in [0.717, 1.165) is 10.6 Å². The SMILES string of the molecule is Cn1c(=O)c([N+](=O)[O-])cc2cc([N+](=O)[O-])ccc21. The van der Waals surface area contributed by atoms with Crippen molar-refractivity contribution in [2.24, 2.45) is 7.05 Å². The number of benzene rings is 1. The second-order valence-corrected chi connectivity index (χ2v) is 3.65. The van der Waals surface area contributed by atoms with Crippen LogP contribution in [0.1, 0.15) is 0 Å². The van der Waals surface area contributed by atoms with E-state index in [-0.39, 0.29) is 11.1 Å². The molecule has 0 radical (unpaired) electrons. The predicted octanol–water partition coefficient (Wildman–Crippen LogP) is 1.35. The highest BCUT2D eigenvalue weighted by molar-refractivity contribution is 5.83. The van der Waals surface area contributed by atoms with Crippen molar-refractivity contribution in [2.75, 3.05) is 0 Å². The van der Waals surface area contributed by atoms with Crippen LogP contribution in [0.15, 0.2) is 29.1 Å². The van der Waals surface area contributed by atoms with E-state index >= 15 is 0 Å². The molecule has 1 heterocycles. The van der Waals surface area contributed by atoms with Crippen molar-refractivity contribution in [2.45, 2.75) is 0 Å². The topological polar surface area (TPSA) is 108 Å². The van der Waals surface area contributed by atoms with Gasteiger partial charge in [-0.05, 0) is 6.07 Å². The maximum Gasteiger partial charge on any atom is 0.334 e. The lowest BCUT2D eigenvalue weighted by Crippen LogP contribution is -2.19. The number of hydrogen-bond acceptors (Lipinski definition) is 5. The van der Waals surface area contributed by atoms with E-state index in [1.165, 1.54) is 25.2 Å². The van der Waals surface area contributed by atoms with Gasteiger partial charge in [-0.2, -0.15) is 0 Å². The summed E-state index contributed by atoms with van der Waals surface area (Å²) in [5.41, 5.74) is -1.14. The van der Waals surface area contributed by atoms with Gasteiger partial charge in [-0.15, -0.1) is 0 Å². The summed E-state index contributed by atoms with van der Waals surface area (Å²) in [6, 6.07) is 4.87. The molecule has 1 aromatic carbocycles. The molecule has 1 aromatic heterocycles. The summed E-state index contributed by atoms with van der Waals surface area (Å²) < 4.78 is 1.09. The maximum absolute atomic E-state index is 11.6. The molecule has 0 aliphatic carbocycles. The zero-order chi connectivity index (χ0) is 13.4. The zero-order valence-corrected chi connectivity index (χ0v) is 9.19. The van der Waals surface area contributed by atoms with Crippen LogP contribution < -0.4 is 5.56 Å². The number of aryl methyl sites for hydroxylation is 1. The van der Waals surface area contributed by atoms with E-state index in [0.29, 0.717) is 5.52 Å². The third-order valence-electron chi connectivity index (χ3n) is 2.60. The number of hydrogen-bond donors (Lipinski definition) is 0. The normalized spacial score (nSPS) is 10.5. The Labute approximate surface area is 99.4 Å². The van der Waals surface area contributed by atoms with Crippen molar-refractivity contribution in [3.8, 4) is 0 Å². The molecule has 0 spiro atoms. The van der Waals surface area contributed by atoms with Gasteiger partial charge in [0, 0.05) is 30.6 Å². The van der Waals surface area contributed by atoms with Crippen LogP contribution in [0.25, 0.3) is 10.9 Å². The Balaban J connectivity index is 2.87. The molecular weight excluding hydrogens is 242 g/mol. The summed E-state index contributed by atoms with van der Waals surface area (Å²) >= 11 is 0. The van der Waals surface area contributed by atoms with E-state index in [4.69, 9.17) is 0 Å². The first-order valence-corrected chi connectivity index (χ1v) is 4.84. The number of nitrogens with zero attached hydrogens (tertiary/aromatic N) is 3. The Morgan fingerprint density at radius 3 is 2.33 bits per heavy atom. The lowest BCUT2D eigenvalue weighted by Gasteiger charge is -2.04. The van der Waals surface area contributed by atoms with Gasteiger partial charge in [0.2, 0.25) is 0 Å². The molecule has 0 saturated carbocycles. The molecule has 0 bridgehead atoms. The minimum atomic E-state index is -0.805. The van der Waals surface area contributed by atoms with Crippen LogP contribution in [0.3, 0.4) is 0 Å². The van der Waals surface area contributed by atoms with Crippen molar-refractivity contribution in [3.63, 3.8) is 0 Å². The third kappa shape index (κ3) is 1.69. The van der Waals surface area contributed by atoms with Crippen molar-refractivity contribution < 1.29 is 9.85 Å². The highest BCUT2D eigenvalue weighted by Gasteiger charge is 2.17. The van der Waals surface area contributed by atoms with Crippen molar-refractivity contribution in [1.29, 1.82) is 0 Å². The number of rotatable bonds is 2. The Morgan fingerprint density at radius 2 is 1.78 bits per heavy atom. The number of fused-ring (bicyclic) bond motifs is 1. The molecule has 18 heavy (non-hydrogen) atoms. The second kappa shape index (κ2) is 3.91. The third-order valence-corrected chi connectivity index (χ3v) is 2.60. The minimum absolute atomic E-state index is 0.185. The summed E-state index contributed by atoms with van der Waals surface area (Å²) in [6.45, 7) is 0. The highest BCUT2D eigenvalue weighted by atomic mass is 16.6. The molecule has 0 atom stereocenters. The van der Waals surface area contributed by atoms with Gasteiger partial charge in [-0.1, -0.05) is 0 Å². The van der Waals surface area contributed by atoms with E-state index in [2.05, 4.69) is 0 Å². The summed E-state index contributed by atoms with van der Waals surface area (Å²) in [4.78, 5) is 31.5. The van der Waals surface area contributed by atoms with Crippen LogP contribution >= 0.6 is 0 Å². The van der Waals surface area contributed by atoms with E-state index in [1.54, 1.807) is 0 Å². The largest absolute Gasteiger partial charge is 0.334 e. The van der Waals surface area contributed by atoms with Crippen LogP contribution in [-0.2, 0) is 7.05 Å². The predicted molar refractivity (Wildman–Crippen MR) is 62.5 cm³/mol. The lowest BCUT2D eigenvalue weighted by molar-refractivity contribution is -0.386. The summed E-state index contributed by atoms with van der Waals surface area (Å²) in [5, 5.41) is 21.6. The first-order chi connectivity index (χ1) is 8.41. The van der Waals surface area contributed by atoms with Gasteiger partial charge in [-0.3, -0.25) is 25.0 Å². The van der Waals surface area contributed by atoms with Crippen LogP contribution in [0.4, 0.5) is 11.4 Å². The van der Waals surface area contributed by atoms with Crippen LogP contribution in [0.5, 0.6) is 0 Å². The molecule has 0 aliphatic rings. The molecule has 0 unspecified atom stereocenters. The summed E-state index contributed by atoms with van der Waals surface area (Å²) in [7, 11) is 1.38. The number of non-ortho nitro benzene ring substituents is 1. The average Bonchev–Trinajstić information content (AvgIpc) is 2.32. The molecule has 0 N–H and O–H groups in total. The fraction of sp³-hybridized carbons (Fsp3) is 0.100. The number of nitro groups is 2. The molecule has 0 aliphatic heterocycles. The Morgan fingerprint density at radius 1 is 1.11 bits per heavy atom. The maximum atomic E-state index is 11.6. The number of nitro benzene ring substituents is 1. The molecule has 8 heteroatoms. The number of pyridine rings is 1. The Bertz CT molecular complexity index is 734. The van der Waals surface area contributed by atoms with Gasteiger partial charge in [0.1, 0.15) is 0 Å². The fourth-order valence-corrected chi connectivity index (χ4v) is 1.70. The molecule has 0 saturated heterocycles. The van der Waals surface area contributed by atoms with Gasteiger partial charge >= 0.3 is 11.2 Å². The lowest BCUT2D eigenvalue weighted by atomic mass is 10.2. The average molecular weight is 249 g/mol. The van der Waals surface area contributed by atoms with Crippen LogP contribution in [-0.4, -0.2) is 14.4 Å².